The van der Waals surface area contributed by atoms with Crippen LogP contribution in [0, 0.1) is 0 Å². The molecule has 1 atom stereocenters. The van der Waals surface area contributed by atoms with E-state index < -0.39 is 0 Å². The van der Waals surface area contributed by atoms with Crippen molar-refractivity contribution in [2.45, 2.75) is 122 Å². The Morgan fingerprint density at radius 3 is 1.69 bits per heavy atom. The van der Waals surface area contributed by atoms with Crippen LogP contribution in [0.1, 0.15) is 122 Å². The highest BCUT2D eigenvalue weighted by Crippen LogP contribution is 2.20. The summed E-state index contributed by atoms with van der Waals surface area (Å²) in [7, 11) is 0. The largest absolute Gasteiger partial charge is 0.255 e. The second kappa shape index (κ2) is 15.7. The first-order valence-electron chi connectivity index (χ1n) is 12.1. The topological polar surface area (TPSA) is 15.3 Å². The zero-order valence-corrected chi connectivity index (χ0v) is 17.6. The summed E-state index contributed by atoms with van der Waals surface area (Å²) in [5, 5.41) is 2.56. The lowest BCUT2D eigenvalue weighted by Crippen LogP contribution is -2.40. The van der Waals surface area contributed by atoms with Crippen molar-refractivity contribution < 1.29 is 0 Å². The van der Waals surface area contributed by atoms with Gasteiger partial charge in [-0.1, -0.05) is 75.9 Å². The van der Waals surface area contributed by atoms with E-state index in [2.05, 4.69) is 16.5 Å². The normalized spacial score (nSPS) is 29.4. The molecule has 2 nitrogen and oxygen atoms in total. The van der Waals surface area contributed by atoms with Crippen LogP contribution in [0.3, 0.4) is 0 Å². The summed E-state index contributed by atoms with van der Waals surface area (Å²) in [6.07, 6.45) is 29.4. The van der Waals surface area contributed by atoms with E-state index in [4.69, 9.17) is 0 Å². The molecule has 0 amide bonds. The van der Waals surface area contributed by atoms with Crippen LogP contribution in [0.15, 0.2) is 11.6 Å². The molecule has 0 radical (unpaired) electrons. The van der Waals surface area contributed by atoms with Crippen molar-refractivity contribution in [2.75, 3.05) is 19.6 Å². The third-order valence-corrected chi connectivity index (χ3v) is 6.25. The number of rotatable bonds is 0. The molecule has 3 rings (SSSR count). The van der Waals surface area contributed by atoms with Gasteiger partial charge >= 0.3 is 0 Å². The van der Waals surface area contributed by atoms with Crippen molar-refractivity contribution in [2.24, 2.45) is 0 Å². The Hall–Kier alpha value is -0.340. The van der Waals surface area contributed by atoms with Gasteiger partial charge in [-0.05, 0) is 57.8 Å². The lowest BCUT2D eigenvalue weighted by Gasteiger charge is -2.23. The molecule has 0 saturated carbocycles. The molecule has 1 fully saturated rings. The molecule has 1 saturated heterocycles. The highest BCUT2D eigenvalue weighted by Gasteiger charge is 2.06. The number of nitrogens with one attached hydrogen (secondary N) is 1. The first-order valence-corrected chi connectivity index (χ1v) is 12.1. The quantitative estimate of drug-likeness (QED) is 0.460. The zero-order chi connectivity index (χ0) is 18.1. The molecule has 0 aliphatic carbocycles. The Bertz CT molecular complexity index is 328. The first-order chi connectivity index (χ1) is 12.9. The minimum atomic E-state index is 1.19. The van der Waals surface area contributed by atoms with E-state index in [0.717, 1.165) is 0 Å². The van der Waals surface area contributed by atoms with E-state index in [1.807, 2.05) is 0 Å². The molecular formula is C24H46N2. The zero-order valence-electron chi connectivity index (χ0n) is 17.6. The number of hydrogen-bond donors (Lipinski definition) is 1. The number of allylic oxidation sites excluding steroid dienone is 2. The molecule has 3 aliphatic rings. The van der Waals surface area contributed by atoms with Crippen molar-refractivity contribution in [3.63, 3.8) is 0 Å². The Morgan fingerprint density at radius 1 is 0.538 bits per heavy atom. The molecule has 3 heterocycles. The third-order valence-electron chi connectivity index (χ3n) is 6.25. The first kappa shape index (κ1) is 22.0. The van der Waals surface area contributed by atoms with Gasteiger partial charge in [-0.3, -0.25) is 5.43 Å². The summed E-state index contributed by atoms with van der Waals surface area (Å²) in [5.41, 5.74) is 5.55. The Kier molecular flexibility index (Phi) is 13.3. The van der Waals surface area contributed by atoms with E-state index in [9.17, 15) is 0 Å². The SMILES string of the molecule is C1=C2/CCCCCCCCN(CCCCCCC/1)NCCCCCCC2. The van der Waals surface area contributed by atoms with Crippen LogP contribution < -0.4 is 5.43 Å². The predicted molar refractivity (Wildman–Crippen MR) is 115 cm³/mol. The fourth-order valence-corrected chi connectivity index (χ4v) is 4.49. The van der Waals surface area contributed by atoms with E-state index in [-0.39, 0.29) is 0 Å². The van der Waals surface area contributed by atoms with Crippen LogP contribution in [0.4, 0.5) is 0 Å². The molecule has 0 aromatic carbocycles. The molecule has 2 bridgehead atoms. The molecule has 1 unspecified atom stereocenters. The average Bonchev–Trinajstić information content (AvgIpc) is 2.65. The van der Waals surface area contributed by atoms with Crippen molar-refractivity contribution in [3.8, 4) is 0 Å². The monoisotopic (exact) mass is 362 g/mol. The Labute approximate surface area is 164 Å². The number of hydrogen-bond acceptors (Lipinski definition) is 2. The lowest BCUT2D eigenvalue weighted by atomic mass is 9.97. The number of fused-ring (bicyclic) bond motifs is 21. The summed E-state index contributed by atoms with van der Waals surface area (Å²) >= 11 is 0. The molecule has 1 N–H and O–H groups in total. The molecule has 0 spiro atoms. The van der Waals surface area contributed by atoms with Crippen molar-refractivity contribution in [1.82, 2.24) is 10.4 Å². The van der Waals surface area contributed by atoms with Gasteiger partial charge in [0.15, 0.2) is 0 Å². The van der Waals surface area contributed by atoms with E-state index in [0.29, 0.717) is 0 Å². The van der Waals surface area contributed by atoms with E-state index >= 15 is 0 Å². The molecule has 3 aliphatic heterocycles. The van der Waals surface area contributed by atoms with Crippen LogP contribution in [-0.4, -0.2) is 24.6 Å². The maximum Gasteiger partial charge on any atom is 0.0130 e. The van der Waals surface area contributed by atoms with Gasteiger partial charge in [-0.2, -0.15) is 0 Å². The highest BCUT2D eigenvalue weighted by molar-refractivity contribution is 5.02. The summed E-state index contributed by atoms with van der Waals surface area (Å²) in [6.45, 7) is 3.70. The van der Waals surface area contributed by atoms with Crippen LogP contribution in [0.2, 0.25) is 0 Å². The fourth-order valence-electron chi connectivity index (χ4n) is 4.49. The summed E-state index contributed by atoms with van der Waals surface area (Å²) in [5.74, 6) is 0. The average molecular weight is 363 g/mol. The second-order valence-electron chi connectivity index (χ2n) is 8.70. The second-order valence-corrected chi connectivity index (χ2v) is 8.70. The van der Waals surface area contributed by atoms with Gasteiger partial charge in [0.1, 0.15) is 0 Å². The minimum absolute atomic E-state index is 1.19. The number of nitrogens with zero attached hydrogens (tertiary/aromatic N) is 1. The van der Waals surface area contributed by atoms with Crippen molar-refractivity contribution >= 4 is 0 Å². The van der Waals surface area contributed by atoms with Gasteiger partial charge in [0.25, 0.3) is 0 Å². The van der Waals surface area contributed by atoms with Crippen LogP contribution in [0.25, 0.3) is 0 Å². The maximum atomic E-state index is 3.76. The van der Waals surface area contributed by atoms with Crippen LogP contribution in [0.5, 0.6) is 0 Å². The van der Waals surface area contributed by atoms with Gasteiger partial charge < -0.3 is 0 Å². The Morgan fingerprint density at radius 2 is 1.04 bits per heavy atom. The van der Waals surface area contributed by atoms with Gasteiger partial charge in [-0.15, -0.1) is 0 Å². The maximum absolute atomic E-state index is 3.76. The van der Waals surface area contributed by atoms with Gasteiger partial charge in [0.2, 0.25) is 0 Å². The third kappa shape index (κ3) is 11.4. The minimum Gasteiger partial charge on any atom is -0.255 e. The highest BCUT2D eigenvalue weighted by atomic mass is 15.5. The number of hydrazine groups is 1. The van der Waals surface area contributed by atoms with Crippen LogP contribution >= 0.6 is 0 Å². The van der Waals surface area contributed by atoms with E-state index in [1.54, 1.807) is 5.57 Å². The van der Waals surface area contributed by atoms with E-state index in [1.165, 1.54) is 142 Å². The molecule has 152 valence electrons. The molecule has 2 heteroatoms. The predicted octanol–water partition coefficient (Wildman–Crippen LogP) is 7.16. The lowest BCUT2D eigenvalue weighted by molar-refractivity contribution is 0.177. The van der Waals surface area contributed by atoms with Gasteiger partial charge in [0, 0.05) is 19.6 Å². The van der Waals surface area contributed by atoms with Gasteiger partial charge in [0.05, 0.1) is 0 Å². The molecular weight excluding hydrogens is 316 g/mol. The van der Waals surface area contributed by atoms with Crippen molar-refractivity contribution in [1.29, 1.82) is 0 Å². The van der Waals surface area contributed by atoms with Crippen molar-refractivity contribution in [3.05, 3.63) is 11.6 Å². The van der Waals surface area contributed by atoms with Crippen LogP contribution in [-0.2, 0) is 0 Å². The fraction of sp³-hybridized carbons (Fsp3) is 0.917. The summed E-state index contributed by atoms with van der Waals surface area (Å²) < 4.78 is 0. The molecule has 26 heavy (non-hydrogen) atoms. The summed E-state index contributed by atoms with van der Waals surface area (Å²) in [6, 6.07) is 0. The van der Waals surface area contributed by atoms with Gasteiger partial charge in [-0.25, -0.2) is 5.01 Å². The standard InChI is InChI=1S/C24H46N2/c1-3-10-16-22-26-23-17-11-4-2-7-13-19-24(18-12-6-1)20-14-8-5-9-15-21-25-26/h18,25H,1-17,19-23H2/b24-18-. The Balaban J connectivity index is 1.91. The smallest absolute Gasteiger partial charge is 0.0130 e. The molecule has 0 aromatic rings. The summed E-state index contributed by atoms with van der Waals surface area (Å²) in [4.78, 5) is 0. The molecule has 0 aromatic heterocycles.